The maximum absolute atomic E-state index is 5.70. The van der Waals surface area contributed by atoms with Crippen LogP contribution in [-0.4, -0.2) is 4.98 Å². The molecule has 3 rings (SSSR count). The van der Waals surface area contributed by atoms with Gasteiger partial charge in [0.2, 0.25) is 0 Å². The maximum Gasteiger partial charge on any atom is 0.140 e. The van der Waals surface area contributed by atoms with Gasteiger partial charge in [-0.15, -0.1) is 23.7 Å². The molecule has 0 amide bonds. The highest BCUT2D eigenvalue weighted by molar-refractivity contribution is 7.18. The van der Waals surface area contributed by atoms with E-state index in [1.54, 1.807) is 11.3 Å². The Morgan fingerprint density at radius 2 is 1.85 bits per heavy atom. The quantitative estimate of drug-likeness (QED) is 0.571. The topological polar surface area (TPSA) is 60.2 Å². The summed E-state index contributed by atoms with van der Waals surface area (Å²) in [4.78, 5) is 4.52. The third-order valence-electron chi connectivity index (χ3n) is 2.72. The number of nitrogens with two attached hydrogens (primary N) is 1. The van der Waals surface area contributed by atoms with Crippen molar-refractivity contribution in [2.75, 3.05) is 5.43 Å². The van der Waals surface area contributed by atoms with Gasteiger partial charge in [0.05, 0.1) is 10.2 Å². The van der Waals surface area contributed by atoms with E-state index in [0.29, 0.717) is 6.61 Å². The van der Waals surface area contributed by atoms with Gasteiger partial charge in [0.1, 0.15) is 17.4 Å². The molecule has 104 valence electrons. The summed E-state index contributed by atoms with van der Waals surface area (Å²) in [6, 6.07) is 15.6. The van der Waals surface area contributed by atoms with Gasteiger partial charge in [0.25, 0.3) is 0 Å². The Kier molecular flexibility index (Phi) is 4.79. The normalized spacial score (nSPS) is 10.1. The van der Waals surface area contributed by atoms with Gasteiger partial charge in [-0.05, 0) is 36.4 Å². The van der Waals surface area contributed by atoms with Crippen LogP contribution in [-0.2, 0) is 6.61 Å². The number of halogens is 1. The van der Waals surface area contributed by atoms with Crippen molar-refractivity contribution in [1.82, 2.24) is 4.98 Å². The van der Waals surface area contributed by atoms with Gasteiger partial charge in [0, 0.05) is 5.69 Å². The minimum absolute atomic E-state index is 0. The number of anilines is 1. The molecule has 1 aromatic heterocycles. The predicted octanol–water partition coefficient (Wildman–Crippen LogP) is 3.58. The molecular formula is C14H14ClN3OS. The van der Waals surface area contributed by atoms with Crippen LogP contribution in [0, 0.1) is 0 Å². The van der Waals surface area contributed by atoms with Crippen molar-refractivity contribution in [3.8, 4) is 5.75 Å². The largest absolute Gasteiger partial charge is 0.486 e. The molecule has 0 saturated carbocycles. The maximum atomic E-state index is 5.70. The summed E-state index contributed by atoms with van der Waals surface area (Å²) in [5.74, 6) is 6.11. The minimum atomic E-state index is 0. The Morgan fingerprint density at radius 1 is 1.10 bits per heavy atom. The van der Waals surface area contributed by atoms with Crippen molar-refractivity contribution in [1.29, 1.82) is 0 Å². The summed E-state index contributed by atoms with van der Waals surface area (Å²) >= 11 is 1.66. The van der Waals surface area contributed by atoms with E-state index < -0.39 is 0 Å². The molecule has 4 nitrogen and oxygen atoms in total. The number of nitrogens with one attached hydrogen (secondary N) is 1. The number of hydrogen-bond donors (Lipinski definition) is 2. The number of benzene rings is 2. The van der Waals surface area contributed by atoms with E-state index in [4.69, 9.17) is 10.6 Å². The van der Waals surface area contributed by atoms with Crippen molar-refractivity contribution in [2.45, 2.75) is 6.61 Å². The van der Waals surface area contributed by atoms with E-state index in [1.165, 1.54) is 4.70 Å². The van der Waals surface area contributed by atoms with Crippen molar-refractivity contribution in [3.05, 3.63) is 53.5 Å². The fourth-order valence-electron chi connectivity index (χ4n) is 1.77. The molecule has 0 aliphatic carbocycles. The number of hydrazine groups is 1. The summed E-state index contributed by atoms with van der Waals surface area (Å²) in [6.07, 6.45) is 0. The third kappa shape index (κ3) is 3.19. The molecule has 0 bridgehead atoms. The molecule has 0 fully saturated rings. The van der Waals surface area contributed by atoms with Gasteiger partial charge in [-0.3, -0.25) is 5.84 Å². The lowest BCUT2D eigenvalue weighted by molar-refractivity contribution is 0.306. The Morgan fingerprint density at radius 3 is 2.55 bits per heavy atom. The van der Waals surface area contributed by atoms with Crippen LogP contribution in [0.5, 0.6) is 5.75 Å². The summed E-state index contributed by atoms with van der Waals surface area (Å²) in [5, 5.41) is 0.974. The van der Waals surface area contributed by atoms with E-state index >= 15 is 0 Å². The number of para-hydroxylation sites is 1. The minimum Gasteiger partial charge on any atom is -0.486 e. The number of fused-ring (bicyclic) bond motifs is 1. The summed E-state index contributed by atoms with van der Waals surface area (Å²) in [7, 11) is 0. The summed E-state index contributed by atoms with van der Waals surface area (Å²) in [6.45, 7) is 0.481. The molecule has 2 aromatic carbocycles. The molecule has 3 aromatic rings. The molecule has 0 spiro atoms. The van der Waals surface area contributed by atoms with Crippen LogP contribution in [0.3, 0.4) is 0 Å². The Hall–Kier alpha value is -1.82. The van der Waals surface area contributed by atoms with Gasteiger partial charge in [-0.1, -0.05) is 12.1 Å². The summed E-state index contributed by atoms with van der Waals surface area (Å²) < 4.78 is 6.88. The molecule has 0 aliphatic heterocycles. The molecular weight excluding hydrogens is 294 g/mol. The first-order valence-corrected chi connectivity index (χ1v) is 6.71. The second-order valence-electron chi connectivity index (χ2n) is 4.03. The standard InChI is InChI=1S/C14H13N3OS.ClH/c15-17-10-5-7-11(8-6-10)18-9-14-16-12-3-1-2-4-13(12)19-14;/h1-8,17H,9,15H2;1H. The molecule has 0 radical (unpaired) electrons. The fourth-order valence-corrected chi connectivity index (χ4v) is 2.65. The molecule has 0 unspecified atom stereocenters. The molecule has 0 saturated heterocycles. The Bertz CT molecular complexity index is 651. The lowest BCUT2D eigenvalue weighted by Crippen LogP contribution is -2.06. The van der Waals surface area contributed by atoms with Crippen LogP contribution in [0.15, 0.2) is 48.5 Å². The van der Waals surface area contributed by atoms with Gasteiger partial charge in [-0.2, -0.15) is 0 Å². The molecule has 20 heavy (non-hydrogen) atoms. The molecule has 0 atom stereocenters. The van der Waals surface area contributed by atoms with Crippen LogP contribution in [0.1, 0.15) is 5.01 Å². The number of aromatic nitrogens is 1. The predicted molar refractivity (Wildman–Crippen MR) is 85.5 cm³/mol. The first-order chi connectivity index (χ1) is 9.35. The number of hydrogen-bond acceptors (Lipinski definition) is 5. The second-order valence-corrected chi connectivity index (χ2v) is 5.15. The third-order valence-corrected chi connectivity index (χ3v) is 3.73. The number of nitrogen functional groups attached to an aromatic ring is 1. The molecule has 3 N–H and O–H groups in total. The monoisotopic (exact) mass is 307 g/mol. The lowest BCUT2D eigenvalue weighted by Gasteiger charge is -2.05. The zero-order valence-corrected chi connectivity index (χ0v) is 12.2. The van der Waals surface area contributed by atoms with Gasteiger partial charge >= 0.3 is 0 Å². The Labute approximate surface area is 127 Å². The van der Waals surface area contributed by atoms with E-state index in [0.717, 1.165) is 22.0 Å². The lowest BCUT2D eigenvalue weighted by atomic mass is 10.3. The highest BCUT2D eigenvalue weighted by atomic mass is 35.5. The van der Waals surface area contributed by atoms with Gasteiger partial charge in [0.15, 0.2) is 0 Å². The van der Waals surface area contributed by atoms with Crippen LogP contribution in [0.4, 0.5) is 5.69 Å². The molecule has 1 heterocycles. The number of thiazole rings is 1. The zero-order chi connectivity index (χ0) is 13.1. The smallest absolute Gasteiger partial charge is 0.140 e. The van der Waals surface area contributed by atoms with Crippen LogP contribution < -0.4 is 16.0 Å². The summed E-state index contributed by atoms with van der Waals surface area (Å²) in [5.41, 5.74) is 4.46. The first-order valence-electron chi connectivity index (χ1n) is 5.89. The second kappa shape index (κ2) is 6.56. The van der Waals surface area contributed by atoms with E-state index in [1.807, 2.05) is 42.5 Å². The van der Waals surface area contributed by atoms with Crippen LogP contribution in [0.25, 0.3) is 10.2 Å². The number of ether oxygens (including phenoxy) is 1. The SMILES string of the molecule is Cl.NNc1ccc(OCc2nc3ccccc3s2)cc1. The van der Waals surface area contributed by atoms with Gasteiger partial charge in [-0.25, -0.2) is 4.98 Å². The van der Waals surface area contributed by atoms with Crippen LogP contribution >= 0.6 is 23.7 Å². The van der Waals surface area contributed by atoms with E-state index in [2.05, 4.69) is 16.5 Å². The van der Waals surface area contributed by atoms with Crippen molar-refractivity contribution >= 4 is 39.6 Å². The van der Waals surface area contributed by atoms with Crippen molar-refractivity contribution < 1.29 is 4.74 Å². The Balaban J connectivity index is 0.00000147. The van der Waals surface area contributed by atoms with Gasteiger partial charge < -0.3 is 10.2 Å². The molecule has 0 aliphatic rings. The number of rotatable bonds is 4. The van der Waals surface area contributed by atoms with E-state index in [-0.39, 0.29) is 12.4 Å². The average Bonchev–Trinajstić information content (AvgIpc) is 2.88. The first kappa shape index (κ1) is 14.6. The molecule has 6 heteroatoms. The highest BCUT2D eigenvalue weighted by Crippen LogP contribution is 2.23. The van der Waals surface area contributed by atoms with Crippen LogP contribution in [0.2, 0.25) is 0 Å². The fraction of sp³-hybridized carbons (Fsp3) is 0.0714. The highest BCUT2D eigenvalue weighted by Gasteiger charge is 2.03. The van der Waals surface area contributed by atoms with Crippen molar-refractivity contribution in [3.63, 3.8) is 0 Å². The zero-order valence-electron chi connectivity index (χ0n) is 10.6. The van der Waals surface area contributed by atoms with E-state index in [9.17, 15) is 0 Å². The number of nitrogens with zero attached hydrogens (tertiary/aromatic N) is 1. The average molecular weight is 308 g/mol. The van der Waals surface area contributed by atoms with Crippen molar-refractivity contribution in [2.24, 2.45) is 5.84 Å².